The van der Waals surface area contributed by atoms with E-state index in [0.29, 0.717) is 0 Å². The highest BCUT2D eigenvalue weighted by Crippen LogP contribution is 1.90. The SMILES string of the molecule is CCN(CC)CC#CC#CC(C)(C)N. The maximum Gasteiger partial charge on any atom is 0.0729 e. The zero-order valence-electron chi connectivity index (χ0n) is 9.65. The van der Waals surface area contributed by atoms with Gasteiger partial charge in [0.1, 0.15) is 0 Å². The lowest BCUT2D eigenvalue weighted by Gasteiger charge is -2.12. The topological polar surface area (TPSA) is 29.3 Å². The van der Waals surface area contributed by atoms with Crippen LogP contribution in [0, 0.1) is 23.7 Å². The van der Waals surface area contributed by atoms with E-state index in [9.17, 15) is 0 Å². The van der Waals surface area contributed by atoms with Crippen molar-refractivity contribution in [2.75, 3.05) is 19.6 Å². The van der Waals surface area contributed by atoms with Crippen molar-refractivity contribution in [3.63, 3.8) is 0 Å². The first-order chi connectivity index (χ1) is 6.49. The molecule has 0 aliphatic carbocycles. The summed E-state index contributed by atoms with van der Waals surface area (Å²) < 4.78 is 0. The predicted molar refractivity (Wildman–Crippen MR) is 61.6 cm³/mol. The zero-order valence-corrected chi connectivity index (χ0v) is 9.65. The van der Waals surface area contributed by atoms with E-state index in [0.717, 1.165) is 19.6 Å². The van der Waals surface area contributed by atoms with Crippen LogP contribution in [-0.4, -0.2) is 30.1 Å². The predicted octanol–water partition coefficient (Wildman–Crippen LogP) is 1.07. The van der Waals surface area contributed by atoms with Crippen molar-refractivity contribution in [3.05, 3.63) is 0 Å². The van der Waals surface area contributed by atoms with Gasteiger partial charge in [-0.25, -0.2) is 0 Å². The lowest BCUT2D eigenvalue weighted by atomic mass is 10.1. The molecule has 0 aliphatic heterocycles. The first-order valence-electron chi connectivity index (χ1n) is 5.01. The molecule has 0 aromatic heterocycles. The Morgan fingerprint density at radius 2 is 1.71 bits per heavy atom. The van der Waals surface area contributed by atoms with E-state index in [1.165, 1.54) is 0 Å². The molecule has 2 heteroatoms. The number of hydrogen-bond donors (Lipinski definition) is 1. The monoisotopic (exact) mass is 192 g/mol. The van der Waals surface area contributed by atoms with Gasteiger partial charge in [-0.05, 0) is 38.8 Å². The fraction of sp³-hybridized carbons (Fsp3) is 0.667. The van der Waals surface area contributed by atoms with Crippen LogP contribution in [0.3, 0.4) is 0 Å². The second kappa shape index (κ2) is 6.49. The maximum atomic E-state index is 5.68. The normalized spacial score (nSPS) is 10.1. The third kappa shape index (κ3) is 7.68. The molecule has 0 saturated carbocycles. The Morgan fingerprint density at radius 1 is 1.14 bits per heavy atom. The number of hydrogen-bond acceptors (Lipinski definition) is 2. The van der Waals surface area contributed by atoms with Crippen LogP contribution in [0.2, 0.25) is 0 Å². The van der Waals surface area contributed by atoms with Crippen molar-refractivity contribution in [2.45, 2.75) is 33.2 Å². The summed E-state index contributed by atoms with van der Waals surface area (Å²) in [5.74, 6) is 11.4. The molecule has 0 bridgehead atoms. The molecule has 0 aliphatic rings. The van der Waals surface area contributed by atoms with Crippen LogP contribution in [0.1, 0.15) is 27.7 Å². The molecule has 0 radical (unpaired) electrons. The van der Waals surface area contributed by atoms with E-state index >= 15 is 0 Å². The van der Waals surface area contributed by atoms with Crippen LogP contribution in [0.5, 0.6) is 0 Å². The van der Waals surface area contributed by atoms with E-state index in [2.05, 4.69) is 42.4 Å². The fourth-order valence-corrected chi connectivity index (χ4v) is 0.835. The van der Waals surface area contributed by atoms with Gasteiger partial charge in [-0.15, -0.1) is 0 Å². The smallest absolute Gasteiger partial charge is 0.0729 e. The van der Waals surface area contributed by atoms with Crippen LogP contribution < -0.4 is 5.73 Å². The Hall–Kier alpha value is -0.960. The van der Waals surface area contributed by atoms with Gasteiger partial charge < -0.3 is 5.73 Å². The van der Waals surface area contributed by atoms with E-state index in [-0.39, 0.29) is 0 Å². The first kappa shape index (κ1) is 13.0. The molecule has 0 amide bonds. The summed E-state index contributed by atoms with van der Waals surface area (Å²) in [7, 11) is 0. The van der Waals surface area contributed by atoms with E-state index in [1.54, 1.807) is 0 Å². The Kier molecular flexibility index (Phi) is 6.04. The molecule has 0 unspecified atom stereocenters. The third-order valence-electron chi connectivity index (χ3n) is 1.73. The van der Waals surface area contributed by atoms with E-state index < -0.39 is 5.54 Å². The van der Waals surface area contributed by atoms with Crippen molar-refractivity contribution in [1.82, 2.24) is 4.90 Å². The lowest BCUT2D eigenvalue weighted by molar-refractivity contribution is 0.342. The molecule has 2 N–H and O–H groups in total. The van der Waals surface area contributed by atoms with Crippen LogP contribution >= 0.6 is 0 Å². The molecule has 0 spiro atoms. The van der Waals surface area contributed by atoms with Crippen molar-refractivity contribution >= 4 is 0 Å². The molecule has 0 saturated heterocycles. The number of nitrogens with two attached hydrogens (primary N) is 1. The summed E-state index contributed by atoms with van der Waals surface area (Å²) >= 11 is 0. The Bertz CT molecular complexity index is 261. The summed E-state index contributed by atoms with van der Waals surface area (Å²) in [5, 5.41) is 0. The van der Waals surface area contributed by atoms with Crippen LogP contribution in [0.25, 0.3) is 0 Å². The van der Waals surface area contributed by atoms with Gasteiger partial charge in [-0.2, -0.15) is 0 Å². The van der Waals surface area contributed by atoms with Gasteiger partial charge >= 0.3 is 0 Å². The van der Waals surface area contributed by atoms with Gasteiger partial charge in [-0.1, -0.05) is 25.7 Å². The third-order valence-corrected chi connectivity index (χ3v) is 1.73. The summed E-state index contributed by atoms with van der Waals surface area (Å²) in [4.78, 5) is 2.24. The summed E-state index contributed by atoms with van der Waals surface area (Å²) in [6.07, 6.45) is 0. The largest absolute Gasteiger partial charge is 0.316 e. The highest BCUT2D eigenvalue weighted by Gasteiger charge is 2.02. The van der Waals surface area contributed by atoms with E-state index in [1.807, 2.05) is 13.8 Å². The highest BCUT2D eigenvalue weighted by atomic mass is 15.1. The minimum Gasteiger partial charge on any atom is -0.316 e. The van der Waals surface area contributed by atoms with Crippen LogP contribution in [-0.2, 0) is 0 Å². The highest BCUT2D eigenvalue weighted by molar-refractivity contribution is 5.30. The average Bonchev–Trinajstić information content (AvgIpc) is 2.09. The summed E-state index contributed by atoms with van der Waals surface area (Å²) in [6.45, 7) is 10.8. The Labute approximate surface area is 87.9 Å². The zero-order chi connectivity index (χ0) is 11.0. The first-order valence-corrected chi connectivity index (χ1v) is 5.01. The van der Waals surface area contributed by atoms with Crippen molar-refractivity contribution in [1.29, 1.82) is 0 Å². The van der Waals surface area contributed by atoms with Gasteiger partial charge in [0.25, 0.3) is 0 Å². The molecule has 0 rings (SSSR count). The fourth-order valence-electron chi connectivity index (χ4n) is 0.835. The summed E-state index contributed by atoms with van der Waals surface area (Å²) in [5.41, 5.74) is 5.24. The maximum absolute atomic E-state index is 5.68. The van der Waals surface area contributed by atoms with Gasteiger partial charge in [0.05, 0.1) is 12.1 Å². The molecule has 0 fully saturated rings. The molecule has 0 aromatic rings. The molecule has 0 atom stereocenters. The Balaban J connectivity index is 3.99. The molecule has 0 heterocycles. The molecular formula is C12H20N2. The number of rotatable bonds is 3. The molecule has 14 heavy (non-hydrogen) atoms. The minimum absolute atomic E-state index is 0.441. The minimum atomic E-state index is -0.441. The van der Waals surface area contributed by atoms with Crippen molar-refractivity contribution in [2.24, 2.45) is 5.73 Å². The van der Waals surface area contributed by atoms with Gasteiger partial charge in [0.15, 0.2) is 0 Å². The quantitative estimate of drug-likeness (QED) is 0.678. The standard InChI is InChI=1S/C12H20N2/c1-5-14(6-2)11-9-7-8-10-12(3,4)13/h5-6,11,13H2,1-4H3. The second-order valence-corrected chi connectivity index (χ2v) is 3.73. The van der Waals surface area contributed by atoms with Gasteiger partial charge in [-0.3, -0.25) is 4.90 Å². The molecular weight excluding hydrogens is 172 g/mol. The number of nitrogens with zero attached hydrogens (tertiary/aromatic N) is 1. The van der Waals surface area contributed by atoms with Gasteiger partial charge in [0.2, 0.25) is 0 Å². The summed E-state index contributed by atoms with van der Waals surface area (Å²) in [6, 6.07) is 0. The van der Waals surface area contributed by atoms with Crippen LogP contribution in [0.4, 0.5) is 0 Å². The van der Waals surface area contributed by atoms with Gasteiger partial charge in [0, 0.05) is 0 Å². The lowest BCUT2D eigenvalue weighted by Crippen LogP contribution is -2.29. The average molecular weight is 192 g/mol. The molecule has 0 aromatic carbocycles. The van der Waals surface area contributed by atoms with Crippen molar-refractivity contribution < 1.29 is 0 Å². The Morgan fingerprint density at radius 3 is 2.14 bits per heavy atom. The molecule has 2 nitrogen and oxygen atoms in total. The molecule has 78 valence electrons. The van der Waals surface area contributed by atoms with Crippen LogP contribution in [0.15, 0.2) is 0 Å². The van der Waals surface area contributed by atoms with Crippen molar-refractivity contribution in [3.8, 4) is 23.7 Å². The second-order valence-electron chi connectivity index (χ2n) is 3.73. The van der Waals surface area contributed by atoms with E-state index in [4.69, 9.17) is 5.73 Å².